The first kappa shape index (κ1) is 13.9. The van der Waals surface area contributed by atoms with Gasteiger partial charge in [-0.25, -0.2) is 0 Å². The fraction of sp³-hybridized carbons (Fsp3) is 0.917. The summed E-state index contributed by atoms with van der Waals surface area (Å²) >= 11 is 0. The lowest BCUT2D eigenvalue weighted by Gasteiger charge is -2.41. The highest BCUT2D eigenvalue weighted by Gasteiger charge is 2.36. The van der Waals surface area contributed by atoms with Crippen LogP contribution in [0.5, 0.6) is 0 Å². The van der Waals surface area contributed by atoms with Gasteiger partial charge in [0.05, 0.1) is 10.2 Å². The molecule has 0 spiro atoms. The second-order valence-corrected chi connectivity index (χ2v) is 7.31. The van der Waals surface area contributed by atoms with Crippen LogP contribution in [0.25, 0.3) is 0 Å². The molecule has 0 atom stereocenters. The molecule has 0 unspecified atom stereocenters. The number of hydrogen-bond acceptors (Lipinski definition) is 1. The Bertz CT molecular complexity index is 191. The zero-order chi connectivity index (χ0) is 11.6. The molecule has 0 N–H and O–H groups in total. The van der Waals surface area contributed by atoms with E-state index in [-0.39, 0.29) is 0 Å². The molecular formula is C12H27NSi. The first-order valence-corrected chi connectivity index (χ1v) is 6.61. The van der Waals surface area contributed by atoms with E-state index in [4.69, 9.17) is 0 Å². The maximum atomic E-state index is 4.64. The van der Waals surface area contributed by atoms with Gasteiger partial charge in [0.2, 0.25) is 0 Å². The largest absolute Gasteiger partial charge is 0.300 e. The van der Waals surface area contributed by atoms with E-state index in [9.17, 15) is 0 Å². The van der Waals surface area contributed by atoms with Gasteiger partial charge in [0, 0.05) is 12.5 Å². The molecule has 0 bridgehead atoms. The Balaban J connectivity index is 5.04. The van der Waals surface area contributed by atoms with E-state index in [1.807, 2.05) is 0 Å². The van der Waals surface area contributed by atoms with Gasteiger partial charge in [-0.05, 0) is 23.1 Å². The van der Waals surface area contributed by atoms with Crippen LogP contribution in [-0.4, -0.2) is 22.1 Å². The Kier molecular flexibility index (Phi) is 4.57. The zero-order valence-electron chi connectivity index (χ0n) is 11.2. The Labute approximate surface area is 92.8 Å². The molecule has 0 amide bonds. The normalized spacial score (nSPS) is 15.3. The van der Waals surface area contributed by atoms with Crippen LogP contribution in [0.15, 0.2) is 4.99 Å². The number of rotatable bonds is 2. The molecule has 0 saturated heterocycles. The van der Waals surface area contributed by atoms with Crippen molar-refractivity contribution in [2.45, 2.75) is 48.5 Å². The first-order valence-electron chi connectivity index (χ1n) is 5.61. The van der Waals surface area contributed by atoms with Crippen molar-refractivity contribution < 1.29 is 0 Å². The minimum absolute atomic E-state index is 0.327. The molecule has 0 aromatic carbocycles. The number of aliphatic imine (C=N–C) groups is 1. The van der Waals surface area contributed by atoms with Gasteiger partial charge >= 0.3 is 0 Å². The van der Waals surface area contributed by atoms with Crippen LogP contribution in [0.3, 0.4) is 0 Å². The van der Waals surface area contributed by atoms with Crippen molar-refractivity contribution in [2.75, 3.05) is 6.54 Å². The van der Waals surface area contributed by atoms with Gasteiger partial charge in [0.1, 0.15) is 0 Å². The highest BCUT2D eigenvalue weighted by molar-refractivity contribution is 6.60. The highest BCUT2D eigenvalue weighted by atomic mass is 28.1. The lowest BCUT2D eigenvalue weighted by Crippen LogP contribution is -2.39. The van der Waals surface area contributed by atoms with Crippen molar-refractivity contribution in [3.05, 3.63) is 0 Å². The highest BCUT2D eigenvalue weighted by Crippen LogP contribution is 2.40. The van der Waals surface area contributed by atoms with E-state index >= 15 is 0 Å². The van der Waals surface area contributed by atoms with Gasteiger partial charge in [-0.3, -0.25) is 4.99 Å². The lowest BCUT2D eigenvalue weighted by atomic mass is 9.67. The van der Waals surface area contributed by atoms with Crippen molar-refractivity contribution in [2.24, 2.45) is 21.7 Å². The quantitative estimate of drug-likeness (QED) is 0.494. The molecule has 2 heteroatoms. The topological polar surface area (TPSA) is 12.4 Å². The third kappa shape index (κ3) is 3.95. The Hall–Kier alpha value is -0.113. The van der Waals surface area contributed by atoms with Crippen molar-refractivity contribution in [3.8, 4) is 0 Å². The third-order valence-electron chi connectivity index (χ3n) is 2.56. The monoisotopic (exact) mass is 213 g/mol. The SMILES string of the molecule is CCN=C([SiH3])C(C(C)(C)C)C(C)(C)C. The number of hydrogen-bond donors (Lipinski definition) is 0. The minimum Gasteiger partial charge on any atom is -0.300 e. The average molecular weight is 213 g/mol. The lowest BCUT2D eigenvalue weighted by molar-refractivity contribution is 0.169. The minimum atomic E-state index is 0.327. The van der Waals surface area contributed by atoms with E-state index in [1.54, 1.807) is 0 Å². The van der Waals surface area contributed by atoms with E-state index in [1.165, 1.54) is 5.33 Å². The third-order valence-corrected chi connectivity index (χ3v) is 3.45. The van der Waals surface area contributed by atoms with E-state index in [0.717, 1.165) is 16.8 Å². The standard InChI is InChI=1S/C12H27NSi/c1-8-13-10(14)9(11(2,3)4)12(5,6)7/h9H,8H2,1-7,14H3. The summed E-state index contributed by atoms with van der Waals surface area (Å²) in [6.07, 6.45) is 0. The molecule has 0 aliphatic carbocycles. The fourth-order valence-electron chi connectivity index (χ4n) is 2.89. The van der Waals surface area contributed by atoms with Gasteiger partial charge in [0.15, 0.2) is 0 Å². The molecular weight excluding hydrogens is 186 g/mol. The summed E-state index contributed by atoms with van der Waals surface area (Å²) in [7, 11) is 1.09. The van der Waals surface area contributed by atoms with E-state index < -0.39 is 0 Å². The molecule has 0 radical (unpaired) electrons. The maximum Gasteiger partial charge on any atom is 0.0567 e. The van der Waals surface area contributed by atoms with Crippen LogP contribution in [0.2, 0.25) is 0 Å². The Morgan fingerprint density at radius 1 is 1.07 bits per heavy atom. The second-order valence-electron chi connectivity index (χ2n) is 6.28. The molecule has 84 valence electrons. The molecule has 0 aromatic rings. The average Bonchev–Trinajstić information content (AvgIpc) is 1.78. The molecule has 0 rings (SSSR count). The van der Waals surface area contributed by atoms with Crippen LogP contribution in [0.4, 0.5) is 0 Å². The van der Waals surface area contributed by atoms with E-state index in [2.05, 4.69) is 53.5 Å². The molecule has 14 heavy (non-hydrogen) atoms. The van der Waals surface area contributed by atoms with Crippen LogP contribution in [0, 0.1) is 16.7 Å². The fourth-order valence-corrected chi connectivity index (χ4v) is 4.94. The van der Waals surface area contributed by atoms with Gasteiger partial charge in [-0.1, -0.05) is 41.5 Å². The van der Waals surface area contributed by atoms with Crippen molar-refractivity contribution in [1.29, 1.82) is 0 Å². The number of nitrogens with zero attached hydrogens (tertiary/aromatic N) is 1. The molecule has 0 aliphatic heterocycles. The van der Waals surface area contributed by atoms with Crippen LogP contribution < -0.4 is 0 Å². The predicted octanol–water partition coefficient (Wildman–Crippen LogP) is 2.48. The molecule has 0 heterocycles. The van der Waals surface area contributed by atoms with Crippen molar-refractivity contribution in [1.82, 2.24) is 0 Å². The van der Waals surface area contributed by atoms with Crippen molar-refractivity contribution in [3.63, 3.8) is 0 Å². The molecule has 0 saturated carbocycles. The smallest absolute Gasteiger partial charge is 0.0567 e. The van der Waals surface area contributed by atoms with Gasteiger partial charge < -0.3 is 0 Å². The summed E-state index contributed by atoms with van der Waals surface area (Å²) in [5.41, 5.74) is 0.655. The summed E-state index contributed by atoms with van der Waals surface area (Å²) in [4.78, 5) is 4.64. The van der Waals surface area contributed by atoms with E-state index in [0.29, 0.717) is 16.7 Å². The molecule has 0 fully saturated rings. The Morgan fingerprint density at radius 2 is 1.43 bits per heavy atom. The summed E-state index contributed by atoms with van der Waals surface area (Å²) in [5.74, 6) is 0.613. The van der Waals surface area contributed by atoms with Gasteiger partial charge in [0.25, 0.3) is 0 Å². The zero-order valence-corrected chi connectivity index (χ0v) is 13.2. The van der Waals surface area contributed by atoms with Gasteiger partial charge in [-0.2, -0.15) is 0 Å². The summed E-state index contributed by atoms with van der Waals surface area (Å²) in [5, 5.41) is 1.44. The second kappa shape index (κ2) is 4.60. The summed E-state index contributed by atoms with van der Waals surface area (Å²) in [6.45, 7) is 17.0. The summed E-state index contributed by atoms with van der Waals surface area (Å²) < 4.78 is 0. The Morgan fingerprint density at radius 3 is 1.64 bits per heavy atom. The van der Waals surface area contributed by atoms with Crippen LogP contribution >= 0.6 is 0 Å². The maximum absolute atomic E-state index is 4.64. The predicted molar refractivity (Wildman–Crippen MR) is 70.3 cm³/mol. The molecule has 0 aromatic heterocycles. The van der Waals surface area contributed by atoms with Crippen LogP contribution in [0.1, 0.15) is 48.5 Å². The summed E-state index contributed by atoms with van der Waals surface area (Å²) in [6, 6.07) is 0. The van der Waals surface area contributed by atoms with Gasteiger partial charge in [-0.15, -0.1) is 0 Å². The first-order chi connectivity index (χ1) is 6.10. The van der Waals surface area contributed by atoms with Crippen molar-refractivity contribution >= 4 is 15.6 Å². The molecule has 0 aliphatic rings. The van der Waals surface area contributed by atoms with Crippen LogP contribution in [-0.2, 0) is 0 Å². The molecule has 1 nitrogen and oxygen atoms in total.